The van der Waals surface area contributed by atoms with Crippen LogP contribution in [0, 0.1) is 0 Å². The molecule has 3 aromatic carbocycles. The second kappa shape index (κ2) is 7.97. The Bertz CT molecular complexity index is 924. The topological polar surface area (TPSA) is 41.5 Å². The Balaban J connectivity index is 1.74. The third kappa shape index (κ3) is 4.69. The van der Waals surface area contributed by atoms with Crippen molar-refractivity contribution in [1.29, 1.82) is 0 Å². The van der Waals surface area contributed by atoms with Gasteiger partial charge < -0.3 is 5.32 Å². The summed E-state index contributed by atoms with van der Waals surface area (Å²) in [5.41, 5.74) is 2.84. The van der Waals surface area contributed by atoms with Crippen molar-refractivity contribution < 1.29 is 4.79 Å². The summed E-state index contributed by atoms with van der Waals surface area (Å²) in [5, 5.41) is 3.85. The van der Waals surface area contributed by atoms with Crippen LogP contribution in [-0.4, -0.2) is 12.1 Å². The van der Waals surface area contributed by atoms with Crippen molar-refractivity contribution in [3.8, 4) is 0 Å². The van der Waals surface area contributed by atoms with Crippen LogP contribution in [-0.2, 0) is 0 Å². The predicted octanol–water partition coefficient (Wildman–Crippen LogP) is 6.00. The van der Waals surface area contributed by atoms with Crippen molar-refractivity contribution in [3.63, 3.8) is 0 Å². The van der Waals surface area contributed by atoms with E-state index in [1.807, 2.05) is 42.5 Å². The number of hydrogen-bond acceptors (Lipinski definition) is 2. The number of rotatable bonds is 4. The maximum absolute atomic E-state index is 12.2. The average Bonchev–Trinajstić information content (AvgIpc) is 2.64. The number of carbonyl (C=O) groups excluding carboxylic acids is 1. The highest BCUT2D eigenvalue weighted by Gasteiger charge is 2.05. The largest absolute Gasteiger partial charge is 0.322 e. The molecule has 0 aliphatic carbocycles. The molecule has 0 fully saturated rings. The van der Waals surface area contributed by atoms with E-state index in [1.165, 1.54) is 0 Å². The van der Waals surface area contributed by atoms with E-state index < -0.39 is 0 Å². The molecule has 0 radical (unpaired) electrons. The number of benzene rings is 3. The van der Waals surface area contributed by atoms with Crippen molar-refractivity contribution in [2.75, 3.05) is 5.32 Å². The minimum Gasteiger partial charge on any atom is -0.322 e. The Kier molecular flexibility index (Phi) is 5.49. The third-order valence-electron chi connectivity index (χ3n) is 3.45. The summed E-state index contributed by atoms with van der Waals surface area (Å²) in [4.78, 5) is 16.6. The summed E-state index contributed by atoms with van der Waals surface area (Å²) in [5.74, 6) is -0.161. The Hall–Kier alpha value is -2.62. The number of anilines is 1. The first-order valence-corrected chi connectivity index (χ1v) is 8.33. The summed E-state index contributed by atoms with van der Waals surface area (Å²) < 4.78 is 0. The molecule has 25 heavy (non-hydrogen) atoms. The fraction of sp³-hybridized carbons (Fsp3) is 0. The first-order chi connectivity index (χ1) is 12.1. The number of nitrogens with zero attached hydrogens (tertiary/aromatic N) is 1. The molecule has 0 aliphatic heterocycles. The van der Waals surface area contributed by atoms with E-state index in [0.29, 0.717) is 21.3 Å². The molecule has 0 saturated heterocycles. The Morgan fingerprint density at radius 1 is 0.880 bits per heavy atom. The lowest BCUT2D eigenvalue weighted by atomic mass is 10.2. The number of hydrogen-bond donors (Lipinski definition) is 1. The van der Waals surface area contributed by atoms with Crippen LogP contribution in [0.5, 0.6) is 0 Å². The maximum atomic E-state index is 12.2. The molecule has 0 aliphatic rings. The summed E-state index contributed by atoms with van der Waals surface area (Å²) in [6.07, 6.45) is 1.69. The first kappa shape index (κ1) is 17.2. The van der Waals surface area contributed by atoms with Gasteiger partial charge in [0.1, 0.15) is 0 Å². The molecular weight excluding hydrogens is 355 g/mol. The first-order valence-electron chi connectivity index (χ1n) is 7.57. The van der Waals surface area contributed by atoms with E-state index in [0.717, 1.165) is 11.3 Å². The zero-order valence-corrected chi connectivity index (χ0v) is 14.6. The van der Waals surface area contributed by atoms with Gasteiger partial charge in [0.25, 0.3) is 5.91 Å². The Morgan fingerprint density at radius 3 is 2.44 bits per heavy atom. The monoisotopic (exact) mass is 368 g/mol. The number of carbonyl (C=O) groups is 1. The highest BCUT2D eigenvalue weighted by Crippen LogP contribution is 2.23. The van der Waals surface area contributed by atoms with Crippen LogP contribution >= 0.6 is 23.2 Å². The molecule has 3 aromatic rings. The zero-order chi connectivity index (χ0) is 17.6. The van der Waals surface area contributed by atoms with Crippen LogP contribution in [0.2, 0.25) is 10.0 Å². The SMILES string of the molecule is O=C(Nc1cccc(N=Cc2ccc(Cl)c(Cl)c2)c1)c1ccccc1. The van der Waals surface area contributed by atoms with Crippen molar-refractivity contribution in [2.24, 2.45) is 4.99 Å². The van der Waals surface area contributed by atoms with Crippen LogP contribution in [0.4, 0.5) is 11.4 Å². The summed E-state index contributed by atoms with van der Waals surface area (Å²) in [7, 11) is 0. The lowest BCUT2D eigenvalue weighted by Gasteiger charge is -2.06. The molecule has 1 amide bonds. The van der Waals surface area contributed by atoms with Crippen molar-refractivity contribution in [1.82, 2.24) is 0 Å². The molecular formula is C20H14Cl2N2O. The second-order valence-corrected chi connectivity index (χ2v) is 6.12. The van der Waals surface area contributed by atoms with Crippen LogP contribution in [0.1, 0.15) is 15.9 Å². The van der Waals surface area contributed by atoms with E-state index in [-0.39, 0.29) is 5.91 Å². The molecule has 1 N–H and O–H groups in total. The number of amides is 1. The fourth-order valence-electron chi connectivity index (χ4n) is 2.20. The highest BCUT2D eigenvalue weighted by molar-refractivity contribution is 6.42. The normalized spacial score (nSPS) is 10.8. The molecule has 0 saturated carbocycles. The van der Waals surface area contributed by atoms with Gasteiger partial charge >= 0.3 is 0 Å². The van der Waals surface area contributed by atoms with Gasteiger partial charge in [-0.2, -0.15) is 0 Å². The lowest BCUT2D eigenvalue weighted by molar-refractivity contribution is 0.102. The van der Waals surface area contributed by atoms with E-state index in [2.05, 4.69) is 10.3 Å². The van der Waals surface area contributed by atoms with Gasteiger partial charge in [0.15, 0.2) is 0 Å². The molecule has 0 bridgehead atoms. The second-order valence-electron chi connectivity index (χ2n) is 5.30. The van der Waals surface area contributed by atoms with E-state index in [1.54, 1.807) is 36.5 Å². The molecule has 0 spiro atoms. The van der Waals surface area contributed by atoms with Gasteiger partial charge in [-0.3, -0.25) is 9.79 Å². The highest BCUT2D eigenvalue weighted by atomic mass is 35.5. The van der Waals surface area contributed by atoms with Crippen LogP contribution < -0.4 is 5.32 Å². The van der Waals surface area contributed by atoms with Crippen molar-refractivity contribution >= 4 is 46.7 Å². The molecule has 3 rings (SSSR count). The summed E-state index contributed by atoms with van der Waals surface area (Å²) in [6.45, 7) is 0. The fourth-order valence-corrected chi connectivity index (χ4v) is 2.51. The van der Waals surface area contributed by atoms with E-state index in [9.17, 15) is 4.79 Å². The van der Waals surface area contributed by atoms with Crippen LogP contribution in [0.15, 0.2) is 77.8 Å². The quantitative estimate of drug-likeness (QED) is 0.564. The molecule has 0 atom stereocenters. The molecule has 3 nitrogen and oxygen atoms in total. The Morgan fingerprint density at radius 2 is 1.68 bits per heavy atom. The molecule has 0 unspecified atom stereocenters. The van der Waals surface area contributed by atoms with E-state index in [4.69, 9.17) is 23.2 Å². The molecule has 5 heteroatoms. The van der Waals surface area contributed by atoms with Gasteiger partial charge in [0.05, 0.1) is 15.7 Å². The minimum atomic E-state index is -0.161. The van der Waals surface area contributed by atoms with Crippen LogP contribution in [0.3, 0.4) is 0 Å². The summed E-state index contributed by atoms with van der Waals surface area (Å²) in [6, 6.07) is 21.7. The number of nitrogens with one attached hydrogen (secondary N) is 1. The van der Waals surface area contributed by atoms with Crippen LogP contribution in [0.25, 0.3) is 0 Å². The summed E-state index contributed by atoms with van der Waals surface area (Å²) >= 11 is 11.9. The van der Waals surface area contributed by atoms with Gasteiger partial charge in [-0.25, -0.2) is 0 Å². The standard InChI is InChI=1S/C20H14Cl2N2O/c21-18-10-9-14(11-19(18)22)13-23-16-7-4-8-17(12-16)24-20(25)15-5-2-1-3-6-15/h1-13H,(H,24,25). The molecule has 0 aromatic heterocycles. The maximum Gasteiger partial charge on any atom is 0.255 e. The number of halogens is 2. The predicted molar refractivity (Wildman–Crippen MR) is 105 cm³/mol. The number of aliphatic imine (C=N–C) groups is 1. The zero-order valence-electron chi connectivity index (χ0n) is 13.1. The van der Waals surface area contributed by atoms with E-state index >= 15 is 0 Å². The van der Waals surface area contributed by atoms with Gasteiger partial charge in [-0.1, -0.05) is 53.5 Å². The lowest BCUT2D eigenvalue weighted by Crippen LogP contribution is -2.11. The molecule has 0 heterocycles. The van der Waals surface area contributed by atoms with Gasteiger partial charge in [-0.15, -0.1) is 0 Å². The molecule has 124 valence electrons. The average molecular weight is 369 g/mol. The van der Waals surface area contributed by atoms with Crippen molar-refractivity contribution in [3.05, 3.63) is 94.0 Å². The Labute approximate surface area is 155 Å². The van der Waals surface area contributed by atoms with Gasteiger partial charge in [0, 0.05) is 17.5 Å². The van der Waals surface area contributed by atoms with Crippen molar-refractivity contribution in [2.45, 2.75) is 0 Å². The van der Waals surface area contributed by atoms with Gasteiger partial charge in [-0.05, 0) is 48.0 Å². The van der Waals surface area contributed by atoms with Gasteiger partial charge in [0.2, 0.25) is 0 Å². The smallest absolute Gasteiger partial charge is 0.255 e. The minimum absolute atomic E-state index is 0.161. The third-order valence-corrected chi connectivity index (χ3v) is 4.19.